The Balaban J connectivity index is 1.36. The van der Waals surface area contributed by atoms with Crippen LogP contribution in [0, 0.1) is 5.92 Å². The first-order valence-electron chi connectivity index (χ1n) is 9.72. The Bertz CT molecular complexity index is 927. The smallest absolute Gasteiger partial charge is 0.229 e. The number of rotatable bonds is 7. The summed E-state index contributed by atoms with van der Waals surface area (Å²) in [4.78, 5) is 24.0. The van der Waals surface area contributed by atoms with E-state index in [0.717, 1.165) is 30.0 Å². The molecule has 1 N–H and O–H groups in total. The van der Waals surface area contributed by atoms with Crippen LogP contribution in [0.15, 0.2) is 42.6 Å². The van der Waals surface area contributed by atoms with Gasteiger partial charge >= 0.3 is 0 Å². The maximum absolute atomic E-state index is 12.8. The molecule has 0 aliphatic carbocycles. The Hall–Kier alpha value is -2.71. The molecule has 29 heavy (non-hydrogen) atoms. The number of fused-ring (bicyclic) bond motifs is 1. The number of thiazole rings is 1. The fourth-order valence-corrected chi connectivity index (χ4v) is 4.37. The quantitative estimate of drug-likeness (QED) is 0.598. The number of nitrogens with zero attached hydrogens (tertiary/aromatic N) is 3. The van der Waals surface area contributed by atoms with Gasteiger partial charge in [0.15, 0.2) is 5.13 Å². The van der Waals surface area contributed by atoms with Gasteiger partial charge in [-0.15, -0.1) is 0 Å². The van der Waals surface area contributed by atoms with Gasteiger partial charge in [-0.3, -0.25) is 4.79 Å². The van der Waals surface area contributed by atoms with Crippen molar-refractivity contribution in [3.05, 3.63) is 42.6 Å². The largest absolute Gasteiger partial charge is 0.475 e. The van der Waals surface area contributed by atoms with Crippen LogP contribution < -0.4 is 15.0 Å². The predicted octanol–water partition coefficient (Wildman–Crippen LogP) is 3.57. The number of para-hydroxylation sites is 1. The van der Waals surface area contributed by atoms with Crippen molar-refractivity contribution in [2.24, 2.45) is 5.92 Å². The number of hydrogen-bond acceptors (Lipinski definition) is 7. The molecular formula is C21H24N4O3S. The van der Waals surface area contributed by atoms with Crippen molar-refractivity contribution in [2.75, 3.05) is 43.6 Å². The molecule has 8 heteroatoms. The Labute approximate surface area is 173 Å². The van der Waals surface area contributed by atoms with Crippen molar-refractivity contribution in [1.29, 1.82) is 0 Å². The number of benzene rings is 1. The summed E-state index contributed by atoms with van der Waals surface area (Å²) < 4.78 is 11.6. The van der Waals surface area contributed by atoms with E-state index >= 15 is 0 Å². The highest BCUT2D eigenvalue weighted by atomic mass is 32.1. The number of methoxy groups -OCH3 is 1. The maximum Gasteiger partial charge on any atom is 0.229 e. The fourth-order valence-electron chi connectivity index (χ4n) is 3.37. The van der Waals surface area contributed by atoms with Crippen molar-refractivity contribution in [1.82, 2.24) is 9.97 Å². The van der Waals surface area contributed by atoms with E-state index in [1.165, 1.54) is 4.70 Å². The van der Waals surface area contributed by atoms with Crippen molar-refractivity contribution in [3.8, 4) is 5.88 Å². The van der Waals surface area contributed by atoms with Gasteiger partial charge in [0.25, 0.3) is 0 Å². The lowest BCUT2D eigenvalue weighted by Gasteiger charge is -2.31. The predicted molar refractivity (Wildman–Crippen MR) is 115 cm³/mol. The molecule has 0 spiro atoms. The second kappa shape index (κ2) is 9.19. The lowest BCUT2D eigenvalue weighted by Crippen LogP contribution is -2.40. The molecule has 4 rings (SSSR count). The SMILES string of the molecule is COCCOc1ccc(NC(=O)[C@H]2CCCN(c3nc4ccccc4s3)C2)cn1. The number of ether oxygens (including phenoxy) is 2. The van der Waals surface area contributed by atoms with E-state index in [-0.39, 0.29) is 11.8 Å². The van der Waals surface area contributed by atoms with Gasteiger partial charge < -0.3 is 19.7 Å². The molecule has 0 saturated carbocycles. The molecule has 3 aromatic rings. The summed E-state index contributed by atoms with van der Waals surface area (Å²) in [5.74, 6) is 0.457. The topological polar surface area (TPSA) is 76.6 Å². The van der Waals surface area contributed by atoms with E-state index < -0.39 is 0 Å². The minimum Gasteiger partial charge on any atom is -0.475 e. The number of anilines is 2. The number of carbonyl (C=O) groups excluding carboxylic acids is 1. The van der Waals surface area contributed by atoms with Crippen LogP contribution in [0.2, 0.25) is 0 Å². The third kappa shape index (κ3) is 4.83. The van der Waals surface area contributed by atoms with Crippen molar-refractivity contribution in [2.45, 2.75) is 12.8 Å². The van der Waals surface area contributed by atoms with Crippen molar-refractivity contribution in [3.63, 3.8) is 0 Å². The number of carbonyl (C=O) groups is 1. The Kier molecular flexibility index (Phi) is 6.21. The van der Waals surface area contributed by atoms with Gasteiger partial charge in [-0.05, 0) is 31.0 Å². The summed E-state index contributed by atoms with van der Waals surface area (Å²) in [6.45, 7) is 2.56. The number of nitrogens with one attached hydrogen (secondary N) is 1. The molecule has 152 valence electrons. The standard InChI is InChI=1S/C21H24N4O3S/c1-27-11-12-28-19-9-8-16(13-22-19)23-20(26)15-5-4-10-25(14-15)21-24-17-6-2-3-7-18(17)29-21/h2-3,6-9,13,15H,4-5,10-12,14H2,1H3,(H,23,26)/t15-/m0/s1. The summed E-state index contributed by atoms with van der Waals surface area (Å²) in [6.07, 6.45) is 3.46. The second-order valence-electron chi connectivity index (χ2n) is 6.96. The number of aromatic nitrogens is 2. The molecule has 1 fully saturated rings. The molecule has 0 bridgehead atoms. The first-order valence-corrected chi connectivity index (χ1v) is 10.5. The minimum absolute atomic E-state index is 0.0191. The van der Waals surface area contributed by atoms with Crippen LogP contribution in [-0.2, 0) is 9.53 Å². The van der Waals surface area contributed by atoms with Crippen molar-refractivity contribution < 1.29 is 14.3 Å². The molecule has 1 aromatic carbocycles. The van der Waals surface area contributed by atoms with Gasteiger partial charge in [0.1, 0.15) is 6.61 Å². The highest BCUT2D eigenvalue weighted by Gasteiger charge is 2.27. The molecule has 7 nitrogen and oxygen atoms in total. The lowest BCUT2D eigenvalue weighted by atomic mass is 9.97. The molecule has 2 aromatic heterocycles. The van der Waals surface area contributed by atoms with Crippen molar-refractivity contribution >= 4 is 38.3 Å². The van der Waals surface area contributed by atoms with Gasteiger partial charge in [-0.2, -0.15) is 0 Å². The molecule has 1 aliphatic rings. The molecule has 1 saturated heterocycles. The summed E-state index contributed by atoms with van der Waals surface area (Å²) in [6, 6.07) is 11.7. The molecule has 1 amide bonds. The van der Waals surface area contributed by atoms with Crippen LogP contribution in [0.3, 0.4) is 0 Å². The van der Waals surface area contributed by atoms with Crippen LogP contribution in [0.1, 0.15) is 12.8 Å². The lowest BCUT2D eigenvalue weighted by molar-refractivity contribution is -0.120. The fraction of sp³-hybridized carbons (Fsp3) is 0.381. The Morgan fingerprint density at radius 1 is 1.28 bits per heavy atom. The average molecular weight is 413 g/mol. The first-order chi connectivity index (χ1) is 14.2. The monoisotopic (exact) mass is 412 g/mol. The number of amides is 1. The van der Waals surface area contributed by atoms with Gasteiger partial charge in [0.05, 0.1) is 34.6 Å². The minimum atomic E-state index is -0.0756. The summed E-state index contributed by atoms with van der Waals surface area (Å²) in [7, 11) is 1.62. The zero-order valence-corrected chi connectivity index (χ0v) is 17.2. The molecule has 1 aliphatic heterocycles. The maximum atomic E-state index is 12.8. The van der Waals surface area contributed by atoms with E-state index in [1.807, 2.05) is 18.2 Å². The highest BCUT2D eigenvalue weighted by Crippen LogP contribution is 2.31. The molecule has 0 radical (unpaired) electrons. The number of hydrogen-bond donors (Lipinski definition) is 1. The van der Waals surface area contributed by atoms with Crippen LogP contribution in [-0.4, -0.2) is 49.3 Å². The van der Waals surface area contributed by atoms with Gasteiger partial charge in [0, 0.05) is 26.3 Å². The van der Waals surface area contributed by atoms with E-state index in [1.54, 1.807) is 36.8 Å². The van der Waals surface area contributed by atoms with Crippen LogP contribution in [0.4, 0.5) is 10.8 Å². The van der Waals surface area contributed by atoms with Crippen LogP contribution in [0.5, 0.6) is 5.88 Å². The Morgan fingerprint density at radius 3 is 2.97 bits per heavy atom. The van der Waals surface area contributed by atoms with E-state index in [2.05, 4.69) is 21.3 Å². The van der Waals surface area contributed by atoms with Gasteiger partial charge in [-0.25, -0.2) is 9.97 Å². The zero-order chi connectivity index (χ0) is 20.1. The summed E-state index contributed by atoms with van der Waals surface area (Å²) >= 11 is 1.68. The highest BCUT2D eigenvalue weighted by molar-refractivity contribution is 7.22. The summed E-state index contributed by atoms with van der Waals surface area (Å²) in [5, 5.41) is 3.97. The van der Waals surface area contributed by atoms with E-state index in [4.69, 9.17) is 14.5 Å². The average Bonchev–Trinajstić information content (AvgIpc) is 3.20. The molecular weight excluding hydrogens is 388 g/mol. The third-order valence-electron chi connectivity index (χ3n) is 4.89. The third-order valence-corrected chi connectivity index (χ3v) is 5.98. The first kappa shape index (κ1) is 19.6. The van der Waals surface area contributed by atoms with Gasteiger partial charge in [-0.1, -0.05) is 23.5 Å². The zero-order valence-electron chi connectivity index (χ0n) is 16.3. The van der Waals surface area contributed by atoms with Crippen LogP contribution >= 0.6 is 11.3 Å². The number of piperidine rings is 1. The molecule has 1 atom stereocenters. The van der Waals surface area contributed by atoms with E-state index in [0.29, 0.717) is 31.3 Å². The number of pyridine rings is 1. The van der Waals surface area contributed by atoms with Gasteiger partial charge in [0.2, 0.25) is 11.8 Å². The van der Waals surface area contributed by atoms with Crippen LogP contribution in [0.25, 0.3) is 10.2 Å². The molecule has 3 heterocycles. The van der Waals surface area contributed by atoms with E-state index in [9.17, 15) is 4.79 Å². The molecule has 0 unspecified atom stereocenters. The Morgan fingerprint density at radius 2 is 2.17 bits per heavy atom. The second-order valence-corrected chi connectivity index (χ2v) is 7.97. The normalized spacial score (nSPS) is 16.7. The summed E-state index contributed by atoms with van der Waals surface area (Å²) in [5.41, 5.74) is 1.68.